The first-order valence-electron chi connectivity index (χ1n) is 4.45. The minimum absolute atomic E-state index is 0.178. The van der Waals surface area contributed by atoms with Crippen molar-refractivity contribution < 1.29 is 0 Å². The van der Waals surface area contributed by atoms with E-state index in [1.54, 1.807) is 0 Å². The van der Waals surface area contributed by atoms with Crippen molar-refractivity contribution >= 4 is 0 Å². The van der Waals surface area contributed by atoms with Crippen LogP contribution < -0.4 is 10.6 Å². The lowest BCUT2D eigenvalue weighted by Gasteiger charge is -2.47. The summed E-state index contributed by atoms with van der Waals surface area (Å²) in [6, 6.07) is 2.42. The molecule has 4 heteroatoms. The molecule has 0 aliphatic carbocycles. The average molecular weight is 166 g/mol. The zero-order chi connectivity index (χ0) is 8.44. The first-order chi connectivity index (χ1) is 5.87. The second kappa shape index (κ2) is 3.02. The average Bonchev–Trinajstić information content (AvgIpc) is 2.05. The van der Waals surface area contributed by atoms with E-state index < -0.39 is 0 Å². The number of hydrogen-bond donors (Lipinski definition) is 2. The Labute approximate surface area is 72.5 Å². The van der Waals surface area contributed by atoms with E-state index in [4.69, 9.17) is 5.26 Å². The van der Waals surface area contributed by atoms with Crippen molar-refractivity contribution in [3.63, 3.8) is 0 Å². The van der Waals surface area contributed by atoms with Crippen LogP contribution in [0.3, 0.4) is 0 Å². The van der Waals surface area contributed by atoms with Gasteiger partial charge in [0.25, 0.3) is 0 Å². The molecule has 2 N–H and O–H groups in total. The van der Waals surface area contributed by atoms with Gasteiger partial charge in [-0.25, -0.2) is 0 Å². The first-order valence-corrected chi connectivity index (χ1v) is 4.45. The summed E-state index contributed by atoms with van der Waals surface area (Å²) in [4.78, 5) is 2.29. The van der Waals surface area contributed by atoms with Crippen LogP contribution in [0.1, 0.15) is 0 Å². The van der Waals surface area contributed by atoms with Crippen molar-refractivity contribution in [1.29, 1.82) is 5.26 Å². The summed E-state index contributed by atoms with van der Waals surface area (Å²) in [5.74, 6) is 0. The topological polar surface area (TPSA) is 51.1 Å². The van der Waals surface area contributed by atoms with Crippen LogP contribution in [0, 0.1) is 11.3 Å². The Balaban J connectivity index is 2.01. The van der Waals surface area contributed by atoms with Gasteiger partial charge in [0, 0.05) is 39.3 Å². The minimum atomic E-state index is -0.178. The molecule has 2 fully saturated rings. The molecule has 0 atom stereocenters. The van der Waals surface area contributed by atoms with E-state index in [9.17, 15) is 0 Å². The van der Waals surface area contributed by atoms with Gasteiger partial charge in [0.1, 0.15) is 5.54 Å². The number of rotatable bonds is 1. The Morgan fingerprint density at radius 1 is 1.17 bits per heavy atom. The molecule has 2 aliphatic heterocycles. The SMILES string of the molecule is N#CC1(N2CCNCC2)CNC1. The van der Waals surface area contributed by atoms with Gasteiger partial charge in [-0.3, -0.25) is 4.90 Å². The highest BCUT2D eigenvalue weighted by atomic mass is 15.3. The van der Waals surface area contributed by atoms with E-state index in [1.165, 1.54) is 0 Å². The zero-order valence-corrected chi connectivity index (χ0v) is 7.14. The summed E-state index contributed by atoms with van der Waals surface area (Å²) in [5.41, 5.74) is -0.178. The maximum absolute atomic E-state index is 9.04. The Hall–Kier alpha value is -0.630. The fourth-order valence-corrected chi connectivity index (χ4v) is 1.83. The van der Waals surface area contributed by atoms with Gasteiger partial charge in [0.15, 0.2) is 0 Å². The predicted octanol–water partition coefficient (Wildman–Crippen LogP) is -1.24. The molecule has 2 rings (SSSR count). The molecule has 0 aromatic rings. The summed E-state index contributed by atoms with van der Waals surface area (Å²) < 4.78 is 0. The van der Waals surface area contributed by atoms with Crippen LogP contribution in [0.4, 0.5) is 0 Å². The smallest absolute Gasteiger partial charge is 0.134 e. The molecule has 4 nitrogen and oxygen atoms in total. The number of hydrogen-bond acceptors (Lipinski definition) is 4. The predicted molar refractivity (Wildman–Crippen MR) is 45.7 cm³/mol. The van der Waals surface area contributed by atoms with Crippen LogP contribution in [0.15, 0.2) is 0 Å². The fraction of sp³-hybridized carbons (Fsp3) is 0.875. The monoisotopic (exact) mass is 166 g/mol. The van der Waals surface area contributed by atoms with Gasteiger partial charge in [-0.05, 0) is 0 Å². The molecule has 2 saturated heterocycles. The van der Waals surface area contributed by atoms with Crippen molar-refractivity contribution in [2.75, 3.05) is 39.3 Å². The van der Waals surface area contributed by atoms with Crippen molar-refractivity contribution in [3.8, 4) is 6.07 Å². The minimum Gasteiger partial charge on any atom is -0.314 e. The molecular formula is C8H14N4. The van der Waals surface area contributed by atoms with Crippen molar-refractivity contribution in [2.45, 2.75) is 5.54 Å². The molecule has 66 valence electrons. The highest BCUT2D eigenvalue weighted by Crippen LogP contribution is 2.19. The van der Waals surface area contributed by atoms with Gasteiger partial charge in [-0.2, -0.15) is 5.26 Å². The van der Waals surface area contributed by atoms with Crippen LogP contribution in [0.5, 0.6) is 0 Å². The Morgan fingerprint density at radius 2 is 1.83 bits per heavy atom. The van der Waals surface area contributed by atoms with E-state index in [2.05, 4.69) is 21.6 Å². The van der Waals surface area contributed by atoms with Gasteiger partial charge in [-0.1, -0.05) is 0 Å². The van der Waals surface area contributed by atoms with Gasteiger partial charge >= 0.3 is 0 Å². The van der Waals surface area contributed by atoms with Crippen LogP contribution in [-0.2, 0) is 0 Å². The standard InChI is InChI=1S/C8H14N4/c9-5-8(6-11-7-8)12-3-1-10-2-4-12/h10-11H,1-4,6-7H2. The van der Waals surface area contributed by atoms with E-state index in [0.29, 0.717) is 0 Å². The normalized spacial score (nSPS) is 28.9. The van der Waals surface area contributed by atoms with Gasteiger partial charge < -0.3 is 10.6 Å². The first kappa shape index (κ1) is 7.99. The molecule has 0 aromatic carbocycles. The lowest BCUT2D eigenvalue weighted by atomic mass is 9.91. The maximum Gasteiger partial charge on any atom is 0.134 e. The molecule has 0 saturated carbocycles. The quantitative estimate of drug-likeness (QED) is 0.511. The summed E-state index contributed by atoms with van der Waals surface area (Å²) in [5, 5.41) is 15.5. The van der Waals surface area contributed by atoms with Crippen LogP contribution >= 0.6 is 0 Å². The molecule has 2 heterocycles. The molecule has 0 bridgehead atoms. The molecule has 0 spiro atoms. The molecule has 0 radical (unpaired) electrons. The number of nitriles is 1. The molecule has 12 heavy (non-hydrogen) atoms. The van der Waals surface area contributed by atoms with Crippen molar-refractivity contribution in [3.05, 3.63) is 0 Å². The number of nitrogens with zero attached hydrogens (tertiary/aromatic N) is 2. The van der Waals surface area contributed by atoms with Crippen LogP contribution in [0.2, 0.25) is 0 Å². The second-order valence-corrected chi connectivity index (χ2v) is 3.48. The van der Waals surface area contributed by atoms with Gasteiger partial charge in [0.05, 0.1) is 6.07 Å². The highest BCUT2D eigenvalue weighted by molar-refractivity contribution is 5.17. The Kier molecular flexibility index (Phi) is 2.01. The lowest BCUT2D eigenvalue weighted by Crippen LogP contribution is -2.70. The number of nitrogens with one attached hydrogen (secondary N) is 2. The fourth-order valence-electron chi connectivity index (χ4n) is 1.83. The molecule has 0 aromatic heterocycles. The summed E-state index contributed by atoms with van der Waals surface area (Å²) in [7, 11) is 0. The summed E-state index contributed by atoms with van der Waals surface area (Å²) in [6.45, 7) is 5.73. The zero-order valence-electron chi connectivity index (χ0n) is 7.14. The second-order valence-electron chi connectivity index (χ2n) is 3.48. The summed E-state index contributed by atoms with van der Waals surface area (Å²) in [6.07, 6.45) is 0. The maximum atomic E-state index is 9.04. The largest absolute Gasteiger partial charge is 0.314 e. The van der Waals surface area contributed by atoms with E-state index in [0.717, 1.165) is 39.3 Å². The Morgan fingerprint density at radius 3 is 2.25 bits per heavy atom. The third kappa shape index (κ3) is 1.11. The summed E-state index contributed by atoms with van der Waals surface area (Å²) >= 11 is 0. The van der Waals surface area contributed by atoms with Gasteiger partial charge in [0.2, 0.25) is 0 Å². The van der Waals surface area contributed by atoms with Crippen LogP contribution in [0.25, 0.3) is 0 Å². The van der Waals surface area contributed by atoms with E-state index >= 15 is 0 Å². The Bertz CT molecular complexity index is 198. The molecule has 0 unspecified atom stereocenters. The third-order valence-electron chi connectivity index (χ3n) is 2.77. The number of piperazine rings is 1. The molecule has 2 aliphatic rings. The van der Waals surface area contributed by atoms with Crippen molar-refractivity contribution in [2.24, 2.45) is 0 Å². The van der Waals surface area contributed by atoms with E-state index in [1.807, 2.05) is 0 Å². The highest BCUT2D eigenvalue weighted by Gasteiger charge is 2.43. The third-order valence-corrected chi connectivity index (χ3v) is 2.77. The van der Waals surface area contributed by atoms with Crippen LogP contribution in [-0.4, -0.2) is 49.7 Å². The van der Waals surface area contributed by atoms with Crippen molar-refractivity contribution in [1.82, 2.24) is 15.5 Å². The molecule has 0 amide bonds. The van der Waals surface area contributed by atoms with E-state index in [-0.39, 0.29) is 5.54 Å². The van der Waals surface area contributed by atoms with Gasteiger partial charge in [-0.15, -0.1) is 0 Å². The molecular weight excluding hydrogens is 152 g/mol. The lowest BCUT2D eigenvalue weighted by molar-refractivity contribution is 0.0733.